The summed E-state index contributed by atoms with van der Waals surface area (Å²) in [6, 6.07) is 15.5. The Morgan fingerprint density at radius 1 is 0.947 bits per heavy atom. The van der Waals surface area contributed by atoms with Crippen molar-refractivity contribution in [1.82, 2.24) is 9.88 Å². The first-order valence-electron chi connectivity index (χ1n) is 13.0. The van der Waals surface area contributed by atoms with Crippen LogP contribution >= 0.6 is 24.8 Å². The van der Waals surface area contributed by atoms with Crippen LogP contribution in [0.3, 0.4) is 0 Å². The number of amides is 1. The Bertz CT molecular complexity index is 1250. The first-order valence-corrected chi connectivity index (χ1v) is 13.0. The van der Waals surface area contributed by atoms with Gasteiger partial charge in [-0.25, -0.2) is 9.78 Å². The van der Waals surface area contributed by atoms with Crippen LogP contribution in [0.4, 0.5) is 11.5 Å². The van der Waals surface area contributed by atoms with Gasteiger partial charge in [0.15, 0.2) is 0 Å². The van der Waals surface area contributed by atoms with Gasteiger partial charge in [-0.3, -0.25) is 4.79 Å². The number of pyridine rings is 1. The summed E-state index contributed by atoms with van der Waals surface area (Å²) in [5, 5.41) is 13.4. The molecule has 0 unspecified atom stereocenters. The van der Waals surface area contributed by atoms with Gasteiger partial charge >= 0.3 is 5.97 Å². The van der Waals surface area contributed by atoms with Crippen molar-refractivity contribution in [3.63, 3.8) is 0 Å². The number of carboxylic acids is 1. The molecule has 2 fully saturated rings. The molecule has 2 aliphatic rings. The fraction of sp³-hybridized carbons (Fsp3) is 0.414. The maximum absolute atomic E-state index is 12.6. The van der Waals surface area contributed by atoms with E-state index >= 15 is 0 Å². The molecule has 1 amide bonds. The number of carbonyl (C=O) groups is 2. The predicted molar refractivity (Wildman–Crippen MR) is 157 cm³/mol. The summed E-state index contributed by atoms with van der Waals surface area (Å²) in [4.78, 5) is 34.4. The Morgan fingerprint density at radius 2 is 1.63 bits per heavy atom. The molecule has 9 heteroatoms. The molecule has 0 spiro atoms. The zero-order valence-electron chi connectivity index (χ0n) is 21.7. The third-order valence-corrected chi connectivity index (χ3v) is 7.49. The molecule has 1 aromatic heterocycles. The Balaban J connectivity index is 0.00000200. The van der Waals surface area contributed by atoms with Gasteiger partial charge in [-0.15, -0.1) is 24.8 Å². The quantitative estimate of drug-likeness (QED) is 0.402. The van der Waals surface area contributed by atoms with Crippen LogP contribution in [0.25, 0.3) is 10.9 Å². The number of aromatic carboxylic acids is 1. The number of carboxylic acid groups (broad SMARTS) is 1. The van der Waals surface area contributed by atoms with E-state index in [0.29, 0.717) is 28.5 Å². The minimum Gasteiger partial charge on any atom is -0.478 e. The molecule has 3 aromatic rings. The largest absolute Gasteiger partial charge is 0.478 e. The second kappa shape index (κ2) is 13.3. The Labute approximate surface area is 236 Å². The van der Waals surface area contributed by atoms with Gasteiger partial charge in [0, 0.05) is 30.2 Å². The van der Waals surface area contributed by atoms with Gasteiger partial charge in [-0.2, -0.15) is 0 Å². The second-order valence-electron chi connectivity index (χ2n) is 10.1. The van der Waals surface area contributed by atoms with Gasteiger partial charge in [0.2, 0.25) is 5.91 Å². The molecule has 2 aromatic carbocycles. The summed E-state index contributed by atoms with van der Waals surface area (Å²) in [6.07, 6.45) is 6.34. The van der Waals surface area contributed by atoms with Crippen LogP contribution < -0.4 is 10.2 Å². The second-order valence-corrected chi connectivity index (χ2v) is 10.1. The van der Waals surface area contributed by atoms with Crippen molar-refractivity contribution in [2.75, 3.05) is 36.4 Å². The molecule has 2 aliphatic heterocycles. The minimum atomic E-state index is -0.991. The maximum Gasteiger partial charge on any atom is 0.336 e. The summed E-state index contributed by atoms with van der Waals surface area (Å²) in [6.45, 7) is 6.17. The number of rotatable bonds is 6. The van der Waals surface area contributed by atoms with Gasteiger partial charge in [-0.05, 0) is 75.5 Å². The lowest BCUT2D eigenvalue weighted by Crippen LogP contribution is -2.47. The normalized spacial score (nSPS) is 16.4. The van der Waals surface area contributed by atoms with E-state index in [1.54, 1.807) is 24.3 Å². The number of piperidine rings is 2. The fourth-order valence-electron chi connectivity index (χ4n) is 5.47. The Hall–Kier alpha value is -2.87. The monoisotopic (exact) mass is 558 g/mol. The number of aromatic nitrogens is 1. The number of anilines is 2. The van der Waals surface area contributed by atoms with E-state index in [-0.39, 0.29) is 42.7 Å². The zero-order chi connectivity index (χ0) is 25.1. The van der Waals surface area contributed by atoms with Crippen molar-refractivity contribution < 1.29 is 14.7 Å². The van der Waals surface area contributed by atoms with Gasteiger partial charge in [-0.1, -0.05) is 36.2 Å². The fourth-order valence-corrected chi connectivity index (χ4v) is 5.47. The van der Waals surface area contributed by atoms with Crippen LogP contribution in [0, 0.1) is 6.92 Å². The van der Waals surface area contributed by atoms with E-state index < -0.39 is 5.97 Å². The molecule has 204 valence electrons. The van der Waals surface area contributed by atoms with Gasteiger partial charge in [0.25, 0.3) is 0 Å². The number of benzene rings is 2. The van der Waals surface area contributed by atoms with E-state index in [0.717, 1.165) is 37.1 Å². The molecule has 7 nitrogen and oxygen atoms in total. The third kappa shape index (κ3) is 6.95. The minimum absolute atomic E-state index is 0. The van der Waals surface area contributed by atoms with Crippen LogP contribution in [0.2, 0.25) is 0 Å². The average Bonchev–Trinajstić information content (AvgIpc) is 2.90. The molecular weight excluding hydrogens is 523 g/mol. The molecule has 2 N–H and O–H groups in total. The van der Waals surface area contributed by atoms with Crippen molar-refractivity contribution in [2.45, 2.75) is 51.5 Å². The highest BCUT2D eigenvalue weighted by Gasteiger charge is 2.27. The molecule has 0 atom stereocenters. The van der Waals surface area contributed by atoms with Crippen LogP contribution in [0.1, 0.15) is 53.6 Å². The van der Waals surface area contributed by atoms with Gasteiger partial charge in [0.05, 0.1) is 17.5 Å². The zero-order valence-corrected chi connectivity index (χ0v) is 23.3. The summed E-state index contributed by atoms with van der Waals surface area (Å²) < 4.78 is 0. The SMILES string of the molecule is Cc1ccc(CC(=O)Nc2ccc3nc(N4CCC(N5CCCCC5)CC4)cc(C(=O)O)c3c2)cc1.Cl.Cl. The highest BCUT2D eigenvalue weighted by Crippen LogP contribution is 2.29. The van der Waals surface area contributed by atoms with Crippen LogP contribution in [0.15, 0.2) is 48.5 Å². The van der Waals surface area contributed by atoms with E-state index in [9.17, 15) is 14.7 Å². The molecule has 0 radical (unpaired) electrons. The van der Waals surface area contributed by atoms with Crippen molar-refractivity contribution in [3.8, 4) is 0 Å². The Morgan fingerprint density at radius 3 is 2.29 bits per heavy atom. The van der Waals surface area contributed by atoms with Crippen molar-refractivity contribution in [1.29, 1.82) is 0 Å². The first kappa shape index (κ1) is 29.7. The van der Waals surface area contributed by atoms with E-state index in [4.69, 9.17) is 4.98 Å². The smallest absolute Gasteiger partial charge is 0.336 e. The number of hydrogen-bond donors (Lipinski definition) is 2. The number of carbonyl (C=O) groups excluding carboxylic acids is 1. The van der Waals surface area contributed by atoms with Gasteiger partial charge in [0.1, 0.15) is 5.82 Å². The topological polar surface area (TPSA) is 85.8 Å². The lowest BCUT2D eigenvalue weighted by molar-refractivity contribution is -0.115. The number of nitrogens with zero attached hydrogens (tertiary/aromatic N) is 3. The molecule has 0 bridgehead atoms. The van der Waals surface area contributed by atoms with E-state index in [2.05, 4.69) is 15.1 Å². The molecular formula is C29H36Cl2N4O3. The Kier molecular flexibility index (Phi) is 10.4. The molecule has 2 saturated heterocycles. The number of fused-ring (bicyclic) bond motifs is 1. The lowest BCUT2D eigenvalue weighted by atomic mass is 9.99. The van der Waals surface area contributed by atoms with E-state index in [1.807, 2.05) is 31.2 Å². The number of likely N-dealkylation sites (tertiary alicyclic amines) is 1. The molecule has 5 rings (SSSR count). The van der Waals surface area contributed by atoms with Crippen LogP contribution in [-0.2, 0) is 11.2 Å². The molecule has 0 saturated carbocycles. The van der Waals surface area contributed by atoms with Crippen molar-refractivity contribution >= 4 is 59.1 Å². The first-order chi connectivity index (χ1) is 17.5. The van der Waals surface area contributed by atoms with E-state index in [1.165, 1.54) is 32.4 Å². The van der Waals surface area contributed by atoms with Gasteiger partial charge < -0.3 is 20.2 Å². The number of nitrogens with one attached hydrogen (secondary N) is 1. The molecule has 3 heterocycles. The lowest BCUT2D eigenvalue weighted by Gasteiger charge is -2.40. The average molecular weight is 560 g/mol. The summed E-state index contributed by atoms with van der Waals surface area (Å²) in [7, 11) is 0. The number of halogens is 2. The predicted octanol–water partition coefficient (Wildman–Crippen LogP) is 5.72. The van der Waals surface area contributed by atoms with Crippen LogP contribution in [0.5, 0.6) is 0 Å². The summed E-state index contributed by atoms with van der Waals surface area (Å²) in [5.74, 6) is -0.417. The maximum atomic E-state index is 12.6. The number of aryl methyl sites for hydroxylation is 1. The molecule has 38 heavy (non-hydrogen) atoms. The summed E-state index contributed by atoms with van der Waals surface area (Å²) in [5.41, 5.74) is 3.48. The highest BCUT2D eigenvalue weighted by atomic mass is 35.5. The van der Waals surface area contributed by atoms with Crippen molar-refractivity contribution in [2.24, 2.45) is 0 Å². The molecule has 0 aliphatic carbocycles. The third-order valence-electron chi connectivity index (χ3n) is 7.49. The van der Waals surface area contributed by atoms with Crippen LogP contribution in [-0.4, -0.2) is 59.1 Å². The van der Waals surface area contributed by atoms with Crippen molar-refractivity contribution in [3.05, 3.63) is 65.2 Å². The summed E-state index contributed by atoms with van der Waals surface area (Å²) >= 11 is 0. The highest BCUT2D eigenvalue weighted by molar-refractivity contribution is 6.05. The standard InChI is InChI=1S/C29H34N4O3.2ClH/c1-20-5-7-21(8-6-20)17-28(34)30-22-9-10-26-24(18-22)25(29(35)36)19-27(31-26)33-15-11-23(12-16-33)32-13-3-2-4-14-32;;/h5-10,18-19,23H,2-4,11-17H2,1H3,(H,30,34)(H,35,36);2*1H. The number of hydrogen-bond acceptors (Lipinski definition) is 5.